The lowest BCUT2D eigenvalue weighted by Gasteiger charge is -2.14. The number of anilines is 1. The first kappa shape index (κ1) is 23.5. The van der Waals surface area contributed by atoms with Gasteiger partial charge in [-0.25, -0.2) is 5.43 Å². The molecule has 3 aromatic carbocycles. The third kappa shape index (κ3) is 6.67. The Morgan fingerprint density at radius 1 is 0.939 bits per heavy atom. The Hall–Kier alpha value is -4.13. The number of aryl methyl sites for hydroxylation is 1. The number of carbonyl (C=O) groups is 2. The number of rotatable bonds is 9. The topological polar surface area (TPSA) is 89.0 Å². The van der Waals surface area contributed by atoms with Crippen molar-refractivity contribution in [3.05, 3.63) is 89.0 Å². The maximum atomic E-state index is 12.4. The summed E-state index contributed by atoms with van der Waals surface area (Å²) in [5, 5.41) is 6.87. The highest BCUT2D eigenvalue weighted by Gasteiger charge is 2.11. The molecule has 3 aromatic rings. The first-order valence-electron chi connectivity index (χ1n) is 10.6. The van der Waals surface area contributed by atoms with Crippen LogP contribution in [0, 0.1) is 13.8 Å². The molecule has 0 heterocycles. The minimum Gasteiger partial charge on any atom is -0.490 e. The fraction of sp³-hybridized carbons (Fsp3) is 0.192. The number of ether oxygens (including phenoxy) is 2. The van der Waals surface area contributed by atoms with Crippen LogP contribution >= 0.6 is 0 Å². The minimum atomic E-state index is -0.299. The van der Waals surface area contributed by atoms with Crippen LogP contribution in [-0.4, -0.2) is 31.2 Å². The molecule has 0 fully saturated rings. The highest BCUT2D eigenvalue weighted by atomic mass is 16.5. The van der Waals surface area contributed by atoms with Gasteiger partial charge in [-0.1, -0.05) is 30.3 Å². The standard InChI is InChI=1S/C26H27N3O4/c1-4-32-24-15-20(16-27-29-26(31)21-10-6-5-7-11-21)13-14-23(24)33-17-25(30)28-22-12-8-9-18(2)19(22)3/h5-16H,4,17H2,1-3H3,(H,28,30)(H,29,31)/b27-16+. The van der Waals surface area contributed by atoms with Crippen LogP contribution in [0.3, 0.4) is 0 Å². The molecule has 170 valence electrons. The molecule has 0 aromatic heterocycles. The molecular weight excluding hydrogens is 418 g/mol. The van der Waals surface area contributed by atoms with Gasteiger partial charge in [0.2, 0.25) is 0 Å². The fourth-order valence-corrected chi connectivity index (χ4v) is 3.03. The van der Waals surface area contributed by atoms with E-state index in [1.54, 1.807) is 42.5 Å². The van der Waals surface area contributed by atoms with Crippen molar-refractivity contribution in [2.24, 2.45) is 5.10 Å². The predicted molar refractivity (Wildman–Crippen MR) is 129 cm³/mol. The van der Waals surface area contributed by atoms with Crippen molar-refractivity contribution < 1.29 is 19.1 Å². The molecule has 3 rings (SSSR count). The van der Waals surface area contributed by atoms with Crippen LogP contribution < -0.4 is 20.2 Å². The molecule has 0 spiro atoms. The van der Waals surface area contributed by atoms with Crippen LogP contribution in [0.4, 0.5) is 5.69 Å². The molecule has 0 aliphatic carbocycles. The second kappa shape index (κ2) is 11.5. The van der Waals surface area contributed by atoms with E-state index in [0.717, 1.165) is 16.8 Å². The number of hydrogen-bond acceptors (Lipinski definition) is 5. The molecule has 0 atom stereocenters. The number of hydrazone groups is 1. The third-order valence-electron chi connectivity index (χ3n) is 4.92. The van der Waals surface area contributed by atoms with Crippen molar-refractivity contribution in [1.82, 2.24) is 5.43 Å². The van der Waals surface area contributed by atoms with E-state index in [2.05, 4.69) is 15.8 Å². The Labute approximate surface area is 193 Å². The summed E-state index contributed by atoms with van der Waals surface area (Å²) in [6, 6.07) is 19.8. The molecule has 33 heavy (non-hydrogen) atoms. The average molecular weight is 446 g/mol. The summed E-state index contributed by atoms with van der Waals surface area (Å²) in [6.07, 6.45) is 1.51. The second-order valence-electron chi connectivity index (χ2n) is 7.29. The molecule has 0 aliphatic rings. The molecule has 0 unspecified atom stereocenters. The number of nitrogens with zero attached hydrogens (tertiary/aromatic N) is 1. The van der Waals surface area contributed by atoms with Crippen LogP contribution in [0.25, 0.3) is 0 Å². The average Bonchev–Trinajstić information content (AvgIpc) is 2.82. The smallest absolute Gasteiger partial charge is 0.271 e. The van der Waals surface area contributed by atoms with Gasteiger partial charge in [0.15, 0.2) is 18.1 Å². The van der Waals surface area contributed by atoms with Crippen LogP contribution in [-0.2, 0) is 4.79 Å². The van der Waals surface area contributed by atoms with Gasteiger partial charge in [-0.05, 0) is 73.9 Å². The largest absolute Gasteiger partial charge is 0.490 e. The summed E-state index contributed by atoms with van der Waals surface area (Å²) >= 11 is 0. The Morgan fingerprint density at radius 3 is 2.48 bits per heavy atom. The fourth-order valence-electron chi connectivity index (χ4n) is 3.03. The summed E-state index contributed by atoms with van der Waals surface area (Å²) < 4.78 is 11.4. The second-order valence-corrected chi connectivity index (χ2v) is 7.29. The monoisotopic (exact) mass is 445 g/mol. The first-order chi connectivity index (χ1) is 16.0. The number of carbonyl (C=O) groups excluding carboxylic acids is 2. The number of benzene rings is 3. The SMILES string of the molecule is CCOc1cc(/C=N/NC(=O)c2ccccc2)ccc1OCC(=O)Nc1cccc(C)c1C. The van der Waals surface area contributed by atoms with E-state index in [4.69, 9.17) is 9.47 Å². The van der Waals surface area contributed by atoms with Gasteiger partial charge in [-0.15, -0.1) is 0 Å². The van der Waals surface area contributed by atoms with Crippen LogP contribution in [0.5, 0.6) is 11.5 Å². The normalized spacial score (nSPS) is 10.6. The number of amides is 2. The number of hydrogen-bond donors (Lipinski definition) is 2. The molecule has 0 bridgehead atoms. The minimum absolute atomic E-state index is 0.159. The molecule has 0 saturated heterocycles. The van der Waals surface area contributed by atoms with Gasteiger partial charge in [-0.2, -0.15) is 5.10 Å². The first-order valence-corrected chi connectivity index (χ1v) is 10.6. The Balaban J connectivity index is 1.61. The quantitative estimate of drug-likeness (QED) is 0.375. The molecule has 7 nitrogen and oxygen atoms in total. The highest BCUT2D eigenvalue weighted by molar-refractivity contribution is 5.95. The highest BCUT2D eigenvalue weighted by Crippen LogP contribution is 2.28. The molecule has 0 radical (unpaired) electrons. The van der Waals surface area contributed by atoms with Crippen molar-refractivity contribution >= 4 is 23.7 Å². The summed E-state index contributed by atoms with van der Waals surface area (Å²) in [4.78, 5) is 24.4. The predicted octanol–water partition coefficient (Wildman–Crippen LogP) is 4.48. The molecule has 0 aliphatic heterocycles. The van der Waals surface area contributed by atoms with E-state index in [0.29, 0.717) is 29.2 Å². The zero-order valence-electron chi connectivity index (χ0n) is 18.9. The van der Waals surface area contributed by atoms with Crippen LogP contribution in [0.15, 0.2) is 71.8 Å². The van der Waals surface area contributed by atoms with Crippen molar-refractivity contribution in [3.8, 4) is 11.5 Å². The van der Waals surface area contributed by atoms with Crippen molar-refractivity contribution in [2.75, 3.05) is 18.5 Å². The summed E-state index contributed by atoms with van der Waals surface area (Å²) in [7, 11) is 0. The van der Waals surface area contributed by atoms with Gasteiger partial charge >= 0.3 is 0 Å². The molecule has 0 saturated carbocycles. The van der Waals surface area contributed by atoms with E-state index in [1.807, 2.05) is 45.0 Å². The molecule has 2 amide bonds. The van der Waals surface area contributed by atoms with Crippen molar-refractivity contribution in [2.45, 2.75) is 20.8 Å². The Kier molecular flexibility index (Phi) is 8.18. The van der Waals surface area contributed by atoms with E-state index in [9.17, 15) is 9.59 Å². The van der Waals surface area contributed by atoms with Gasteiger partial charge in [0.1, 0.15) is 0 Å². The zero-order valence-corrected chi connectivity index (χ0v) is 18.9. The lowest BCUT2D eigenvalue weighted by atomic mass is 10.1. The van der Waals surface area contributed by atoms with Gasteiger partial charge in [0.25, 0.3) is 11.8 Å². The summed E-state index contributed by atoms with van der Waals surface area (Å²) in [5.74, 6) is 0.362. The maximum Gasteiger partial charge on any atom is 0.271 e. The summed E-state index contributed by atoms with van der Waals surface area (Å²) in [6.45, 7) is 6.08. The lowest BCUT2D eigenvalue weighted by Crippen LogP contribution is -2.21. The third-order valence-corrected chi connectivity index (χ3v) is 4.92. The lowest BCUT2D eigenvalue weighted by molar-refractivity contribution is -0.118. The summed E-state index contributed by atoms with van der Waals surface area (Å²) in [5.41, 5.74) is 6.60. The number of nitrogens with one attached hydrogen (secondary N) is 2. The van der Waals surface area contributed by atoms with E-state index in [-0.39, 0.29) is 18.4 Å². The van der Waals surface area contributed by atoms with Gasteiger partial charge in [0, 0.05) is 11.3 Å². The molecule has 7 heteroatoms. The molecule has 2 N–H and O–H groups in total. The Bertz CT molecular complexity index is 1140. The van der Waals surface area contributed by atoms with Gasteiger partial charge in [0.05, 0.1) is 12.8 Å². The van der Waals surface area contributed by atoms with Crippen LogP contribution in [0.1, 0.15) is 34.0 Å². The van der Waals surface area contributed by atoms with Crippen molar-refractivity contribution in [3.63, 3.8) is 0 Å². The van der Waals surface area contributed by atoms with Gasteiger partial charge in [-0.3, -0.25) is 9.59 Å². The maximum absolute atomic E-state index is 12.4. The zero-order chi connectivity index (χ0) is 23.6. The van der Waals surface area contributed by atoms with Crippen molar-refractivity contribution in [1.29, 1.82) is 0 Å². The van der Waals surface area contributed by atoms with Gasteiger partial charge < -0.3 is 14.8 Å². The Morgan fingerprint density at radius 2 is 1.73 bits per heavy atom. The van der Waals surface area contributed by atoms with E-state index in [1.165, 1.54) is 6.21 Å². The van der Waals surface area contributed by atoms with Crippen LogP contribution in [0.2, 0.25) is 0 Å². The molecular formula is C26H27N3O4. The van der Waals surface area contributed by atoms with E-state index < -0.39 is 0 Å². The van der Waals surface area contributed by atoms with E-state index >= 15 is 0 Å².